The number of Topliss-reactive ketones (excluding diaryl/α,β-unsaturated/α-hetero) is 1. The SMILES string of the molecule is O=C(CCc1ccc(O)c(F)c1F)c1ccc(-c2ccc(C(F)(F)F)cc2)s1. The number of phenols is 1. The summed E-state index contributed by atoms with van der Waals surface area (Å²) in [5.74, 6) is -3.64. The van der Waals surface area contributed by atoms with Gasteiger partial charge < -0.3 is 5.11 Å². The lowest BCUT2D eigenvalue weighted by Gasteiger charge is -2.06. The molecule has 1 N–H and O–H groups in total. The van der Waals surface area contributed by atoms with E-state index in [1.165, 1.54) is 18.2 Å². The van der Waals surface area contributed by atoms with Crippen LogP contribution in [0.5, 0.6) is 5.75 Å². The van der Waals surface area contributed by atoms with E-state index in [1.807, 2.05) is 0 Å². The molecule has 1 aromatic heterocycles. The maximum absolute atomic E-state index is 13.7. The van der Waals surface area contributed by atoms with Crippen LogP contribution in [0.25, 0.3) is 10.4 Å². The van der Waals surface area contributed by atoms with Gasteiger partial charge in [-0.05, 0) is 47.9 Å². The van der Waals surface area contributed by atoms with Crippen LogP contribution in [0.4, 0.5) is 22.0 Å². The van der Waals surface area contributed by atoms with Crippen molar-refractivity contribution in [2.24, 2.45) is 0 Å². The molecule has 0 atom stereocenters. The second kappa shape index (κ2) is 7.71. The topological polar surface area (TPSA) is 37.3 Å². The van der Waals surface area contributed by atoms with E-state index in [4.69, 9.17) is 5.11 Å². The Hall–Kier alpha value is -2.74. The normalized spacial score (nSPS) is 11.6. The zero-order chi connectivity index (χ0) is 20.5. The summed E-state index contributed by atoms with van der Waals surface area (Å²) >= 11 is 1.11. The number of carbonyl (C=O) groups excluding carboxylic acids is 1. The van der Waals surface area contributed by atoms with Crippen molar-refractivity contribution in [1.82, 2.24) is 0 Å². The first-order chi connectivity index (χ1) is 13.2. The Bertz CT molecular complexity index is 1010. The first-order valence-corrected chi connectivity index (χ1v) is 8.95. The third-order valence-corrected chi connectivity index (χ3v) is 5.32. The first kappa shape index (κ1) is 20.0. The fraction of sp³-hybridized carbons (Fsp3) is 0.150. The predicted octanol–water partition coefficient (Wildman–Crippen LogP) is 6.23. The zero-order valence-electron chi connectivity index (χ0n) is 14.2. The van der Waals surface area contributed by atoms with Gasteiger partial charge in [0.25, 0.3) is 0 Å². The molecule has 3 rings (SSSR count). The number of benzene rings is 2. The summed E-state index contributed by atoms with van der Waals surface area (Å²) in [6.07, 6.45) is -4.54. The Morgan fingerprint density at radius 3 is 2.25 bits per heavy atom. The van der Waals surface area contributed by atoms with Crippen molar-refractivity contribution in [3.8, 4) is 16.2 Å². The van der Waals surface area contributed by atoms with Gasteiger partial charge in [-0.15, -0.1) is 11.3 Å². The lowest BCUT2D eigenvalue weighted by molar-refractivity contribution is -0.137. The van der Waals surface area contributed by atoms with Crippen molar-refractivity contribution in [2.45, 2.75) is 19.0 Å². The summed E-state index contributed by atoms with van der Waals surface area (Å²) < 4.78 is 65.0. The van der Waals surface area contributed by atoms with Crippen molar-refractivity contribution in [3.63, 3.8) is 0 Å². The van der Waals surface area contributed by atoms with Crippen LogP contribution in [0.2, 0.25) is 0 Å². The monoisotopic (exact) mass is 412 g/mol. The van der Waals surface area contributed by atoms with Crippen molar-refractivity contribution in [2.75, 3.05) is 0 Å². The highest BCUT2D eigenvalue weighted by molar-refractivity contribution is 7.17. The second-order valence-electron chi connectivity index (χ2n) is 6.03. The summed E-state index contributed by atoms with van der Waals surface area (Å²) in [5.41, 5.74) is -0.237. The number of hydrogen-bond donors (Lipinski definition) is 1. The minimum atomic E-state index is -4.42. The minimum absolute atomic E-state index is 0.0248. The largest absolute Gasteiger partial charge is 0.505 e. The van der Waals surface area contributed by atoms with E-state index < -0.39 is 29.1 Å². The van der Waals surface area contributed by atoms with E-state index in [1.54, 1.807) is 12.1 Å². The molecule has 0 saturated heterocycles. The number of aryl methyl sites for hydroxylation is 1. The van der Waals surface area contributed by atoms with Crippen LogP contribution < -0.4 is 0 Å². The number of ketones is 1. The van der Waals surface area contributed by atoms with E-state index in [0.717, 1.165) is 29.5 Å². The van der Waals surface area contributed by atoms with Gasteiger partial charge in [-0.2, -0.15) is 17.6 Å². The Labute approximate surface area is 160 Å². The Balaban J connectivity index is 1.70. The van der Waals surface area contributed by atoms with E-state index in [2.05, 4.69) is 0 Å². The average Bonchev–Trinajstić information content (AvgIpc) is 3.15. The van der Waals surface area contributed by atoms with Crippen molar-refractivity contribution >= 4 is 17.1 Å². The van der Waals surface area contributed by atoms with E-state index in [0.29, 0.717) is 15.3 Å². The number of carbonyl (C=O) groups is 1. The van der Waals surface area contributed by atoms with Gasteiger partial charge in [0.2, 0.25) is 5.82 Å². The number of rotatable bonds is 5. The molecule has 146 valence electrons. The number of alkyl halides is 3. The molecule has 0 amide bonds. The van der Waals surface area contributed by atoms with Gasteiger partial charge >= 0.3 is 6.18 Å². The number of aromatic hydroxyl groups is 1. The zero-order valence-corrected chi connectivity index (χ0v) is 15.0. The molecule has 0 spiro atoms. The fourth-order valence-corrected chi connectivity index (χ4v) is 3.59. The molecule has 2 nitrogen and oxygen atoms in total. The molecular formula is C20H13F5O2S. The number of hydrogen-bond acceptors (Lipinski definition) is 3. The molecule has 8 heteroatoms. The molecule has 28 heavy (non-hydrogen) atoms. The smallest absolute Gasteiger partial charge is 0.416 e. The third kappa shape index (κ3) is 4.22. The highest BCUT2D eigenvalue weighted by Crippen LogP contribution is 2.33. The summed E-state index contributed by atoms with van der Waals surface area (Å²) in [7, 11) is 0. The maximum atomic E-state index is 13.7. The maximum Gasteiger partial charge on any atom is 0.416 e. The molecule has 0 fully saturated rings. The van der Waals surface area contributed by atoms with Crippen LogP contribution in [-0.2, 0) is 12.6 Å². The fourth-order valence-electron chi connectivity index (χ4n) is 2.61. The Morgan fingerprint density at radius 2 is 1.61 bits per heavy atom. The Morgan fingerprint density at radius 1 is 0.929 bits per heavy atom. The molecule has 3 aromatic rings. The van der Waals surface area contributed by atoms with Crippen LogP contribution in [0.15, 0.2) is 48.5 Å². The molecule has 0 saturated carbocycles. The van der Waals surface area contributed by atoms with E-state index >= 15 is 0 Å². The highest BCUT2D eigenvalue weighted by atomic mass is 32.1. The summed E-state index contributed by atoms with van der Waals surface area (Å²) in [4.78, 5) is 13.3. The van der Waals surface area contributed by atoms with Gasteiger partial charge in [-0.3, -0.25) is 4.79 Å². The molecule has 0 bridgehead atoms. The second-order valence-corrected chi connectivity index (χ2v) is 7.12. The molecule has 2 aromatic carbocycles. The van der Waals surface area contributed by atoms with Crippen LogP contribution in [0, 0.1) is 11.6 Å². The average molecular weight is 412 g/mol. The van der Waals surface area contributed by atoms with Gasteiger partial charge in [-0.1, -0.05) is 18.2 Å². The highest BCUT2D eigenvalue weighted by Gasteiger charge is 2.30. The third-order valence-electron chi connectivity index (χ3n) is 4.14. The lowest BCUT2D eigenvalue weighted by atomic mass is 10.1. The van der Waals surface area contributed by atoms with E-state index in [-0.39, 0.29) is 24.2 Å². The standard InChI is InChI=1S/C20H13F5O2S/c21-18-12(4-8-15(27)19(18)22)3-7-14(26)17-10-9-16(28-17)11-1-5-13(6-2-11)20(23,24)25/h1-2,4-6,8-10,27H,3,7H2. The van der Waals surface area contributed by atoms with Crippen LogP contribution in [0.3, 0.4) is 0 Å². The first-order valence-electron chi connectivity index (χ1n) is 8.13. The predicted molar refractivity (Wildman–Crippen MR) is 95.4 cm³/mol. The number of halogens is 5. The molecule has 0 aliphatic carbocycles. The van der Waals surface area contributed by atoms with Crippen molar-refractivity contribution in [3.05, 3.63) is 76.2 Å². The van der Waals surface area contributed by atoms with Crippen LogP contribution in [0.1, 0.15) is 27.2 Å². The minimum Gasteiger partial charge on any atom is -0.505 e. The number of phenolic OH excluding ortho intramolecular Hbond substituents is 1. The van der Waals surface area contributed by atoms with Gasteiger partial charge in [-0.25, -0.2) is 4.39 Å². The van der Waals surface area contributed by atoms with Gasteiger partial charge in [0.15, 0.2) is 17.3 Å². The van der Waals surface area contributed by atoms with Crippen molar-refractivity contribution in [1.29, 1.82) is 0 Å². The molecule has 0 aliphatic heterocycles. The molecule has 0 aliphatic rings. The van der Waals surface area contributed by atoms with Crippen LogP contribution >= 0.6 is 11.3 Å². The van der Waals surface area contributed by atoms with Gasteiger partial charge in [0.05, 0.1) is 10.4 Å². The van der Waals surface area contributed by atoms with Gasteiger partial charge in [0, 0.05) is 11.3 Å². The summed E-state index contributed by atoms with van der Waals surface area (Å²) in [6, 6.07) is 10.0. The summed E-state index contributed by atoms with van der Waals surface area (Å²) in [6.45, 7) is 0. The lowest BCUT2D eigenvalue weighted by Crippen LogP contribution is -2.03. The summed E-state index contributed by atoms with van der Waals surface area (Å²) in [5, 5.41) is 9.11. The number of thiophene rings is 1. The van der Waals surface area contributed by atoms with Crippen LogP contribution in [-0.4, -0.2) is 10.9 Å². The molecule has 1 heterocycles. The van der Waals surface area contributed by atoms with E-state index in [9.17, 15) is 26.7 Å². The molecule has 0 radical (unpaired) electrons. The quantitative estimate of drug-likeness (QED) is 0.398. The molecular weight excluding hydrogens is 399 g/mol. The molecule has 0 unspecified atom stereocenters. The van der Waals surface area contributed by atoms with Gasteiger partial charge in [0.1, 0.15) is 0 Å². The Kier molecular flexibility index (Phi) is 5.51. The van der Waals surface area contributed by atoms with Crippen molar-refractivity contribution < 1.29 is 31.9 Å².